The summed E-state index contributed by atoms with van der Waals surface area (Å²) in [5.41, 5.74) is 0. The number of carbonyl (C=O) groups is 1. The summed E-state index contributed by atoms with van der Waals surface area (Å²) in [5.74, 6) is -0.475. The van der Waals surface area contributed by atoms with Gasteiger partial charge in [0, 0.05) is 6.42 Å². The highest BCUT2D eigenvalue weighted by atomic mass is 32.2. The van der Waals surface area contributed by atoms with Gasteiger partial charge in [0.1, 0.15) is 0 Å². The lowest BCUT2D eigenvalue weighted by atomic mass is 10.3. The van der Waals surface area contributed by atoms with Crippen LogP contribution in [0.5, 0.6) is 0 Å². The SMILES string of the molecule is CCCC(=O)NS(=O)(=O)CC. The Hall–Kier alpha value is -0.580. The molecule has 0 fully saturated rings. The van der Waals surface area contributed by atoms with E-state index in [0.29, 0.717) is 6.42 Å². The van der Waals surface area contributed by atoms with E-state index in [1.807, 2.05) is 11.6 Å². The van der Waals surface area contributed by atoms with Gasteiger partial charge in [0.15, 0.2) is 0 Å². The second kappa shape index (κ2) is 4.33. The Labute approximate surface area is 67.0 Å². The van der Waals surface area contributed by atoms with Gasteiger partial charge in [0.2, 0.25) is 15.9 Å². The van der Waals surface area contributed by atoms with Gasteiger partial charge in [-0.2, -0.15) is 0 Å². The summed E-state index contributed by atoms with van der Waals surface area (Å²) in [4.78, 5) is 10.7. The highest BCUT2D eigenvalue weighted by Gasteiger charge is 2.09. The molecule has 0 aromatic heterocycles. The first-order valence-electron chi connectivity index (χ1n) is 3.55. The van der Waals surface area contributed by atoms with E-state index in [0.717, 1.165) is 0 Å². The number of hydrogen-bond donors (Lipinski definition) is 1. The first-order valence-corrected chi connectivity index (χ1v) is 5.20. The van der Waals surface area contributed by atoms with Crippen molar-refractivity contribution in [2.45, 2.75) is 26.7 Å². The molecule has 4 nitrogen and oxygen atoms in total. The first kappa shape index (κ1) is 10.4. The molecule has 0 saturated heterocycles. The second-order valence-corrected chi connectivity index (χ2v) is 4.19. The van der Waals surface area contributed by atoms with Gasteiger partial charge in [-0.1, -0.05) is 6.92 Å². The zero-order valence-electron chi connectivity index (χ0n) is 6.75. The minimum atomic E-state index is -3.34. The maximum Gasteiger partial charge on any atom is 0.234 e. The van der Waals surface area contributed by atoms with Crippen LogP contribution in [-0.4, -0.2) is 20.1 Å². The fourth-order valence-electron chi connectivity index (χ4n) is 0.524. The van der Waals surface area contributed by atoms with Crippen LogP contribution in [0.3, 0.4) is 0 Å². The average Bonchev–Trinajstić information content (AvgIpc) is 1.87. The molecular formula is C6H13NO3S. The van der Waals surface area contributed by atoms with Crippen LogP contribution >= 0.6 is 0 Å². The lowest BCUT2D eigenvalue weighted by molar-refractivity contribution is -0.119. The van der Waals surface area contributed by atoms with E-state index >= 15 is 0 Å². The van der Waals surface area contributed by atoms with Gasteiger partial charge >= 0.3 is 0 Å². The van der Waals surface area contributed by atoms with Crippen molar-refractivity contribution in [1.29, 1.82) is 0 Å². The molecule has 0 aromatic rings. The Bertz CT molecular complexity index is 220. The molecule has 0 rings (SSSR count). The molecule has 0 aliphatic carbocycles. The highest BCUT2D eigenvalue weighted by molar-refractivity contribution is 7.90. The van der Waals surface area contributed by atoms with Gasteiger partial charge in [0.25, 0.3) is 0 Å². The van der Waals surface area contributed by atoms with Crippen molar-refractivity contribution in [3.63, 3.8) is 0 Å². The number of carbonyl (C=O) groups excluding carboxylic acids is 1. The summed E-state index contributed by atoms with van der Waals surface area (Å²) < 4.78 is 23.4. The molecule has 0 bridgehead atoms. The summed E-state index contributed by atoms with van der Waals surface area (Å²) in [5, 5.41) is 0. The number of hydrogen-bond acceptors (Lipinski definition) is 3. The molecule has 0 spiro atoms. The van der Waals surface area contributed by atoms with Crippen LogP contribution in [-0.2, 0) is 14.8 Å². The van der Waals surface area contributed by atoms with Crippen molar-refractivity contribution >= 4 is 15.9 Å². The maximum atomic E-state index is 10.8. The Balaban J connectivity index is 3.95. The van der Waals surface area contributed by atoms with E-state index in [-0.39, 0.29) is 12.2 Å². The van der Waals surface area contributed by atoms with E-state index in [9.17, 15) is 13.2 Å². The smallest absolute Gasteiger partial charge is 0.234 e. The van der Waals surface area contributed by atoms with E-state index in [1.165, 1.54) is 6.92 Å². The number of nitrogens with one attached hydrogen (secondary N) is 1. The molecule has 1 N–H and O–H groups in total. The van der Waals surface area contributed by atoms with E-state index in [1.54, 1.807) is 0 Å². The van der Waals surface area contributed by atoms with Crippen LogP contribution in [0.4, 0.5) is 0 Å². The second-order valence-electron chi connectivity index (χ2n) is 2.18. The quantitative estimate of drug-likeness (QED) is 0.673. The largest absolute Gasteiger partial charge is 0.274 e. The molecule has 5 heteroatoms. The highest BCUT2D eigenvalue weighted by Crippen LogP contribution is 1.89. The maximum absolute atomic E-state index is 10.8. The van der Waals surface area contributed by atoms with Gasteiger partial charge < -0.3 is 0 Å². The third kappa shape index (κ3) is 4.78. The van der Waals surface area contributed by atoms with Crippen molar-refractivity contribution < 1.29 is 13.2 Å². The van der Waals surface area contributed by atoms with Crippen LogP contribution in [0, 0.1) is 0 Å². The van der Waals surface area contributed by atoms with E-state index in [2.05, 4.69) is 0 Å². The van der Waals surface area contributed by atoms with Crippen LogP contribution in [0.2, 0.25) is 0 Å². The molecular weight excluding hydrogens is 166 g/mol. The lowest BCUT2D eigenvalue weighted by Gasteiger charge is -2.01. The molecule has 0 atom stereocenters. The first-order chi connectivity index (χ1) is 5.02. The van der Waals surface area contributed by atoms with Crippen LogP contribution in [0.1, 0.15) is 26.7 Å². The van der Waals surface area contributed by atoms with Crippen LogP contribution < -0.4 is 4.72 Å². The van der Waals surface area contributed by atoms with E-state index < -0.39 is 15.9 Å². The summed E-state index contributed by atoms with van der Waals surface area (Å²) in [6.07, 6.45) is 0.921. The molecule has 11 heavy (non-hydrogen) atoms. The van der Waals surface area contributed by atoms with Crippen molar-refractivity contribution in [2.24, 2.45) is 0 Å². The van der Waals surface area contributed by atoms with Crippen molar-refractivity contribution in [3.05, 3.63) is 0 Å². The third-order valence-electron chi connectivity index (χ3n) is 1.13. The minimum absolute atomic E-state index is 0.0531. The fourth-order valence-corrected chi connectivity index (χ4v) is 1.12. The minimum Gasteiger partial charge on any atom is -0.274 e. The predicted molar refractivity (Wildman–Crippen MR) is 42.5 cm³/mol. The van der Waals surface area contributed by atoms with E-state index in [4.69, 9.17) is 0 Å². The summed E-state index contributed by atoms with van der Waals surface area (Å²) >= 11 is 0. The average molecular weight is 179 g/mol. The Morgan fingerprint density at radius 3 is 2.27 bits per heavy atom. The standard InChI is InChI=1S/C6H13NO3S/c1-3-5-6(8)7-11(9,10)4-2/h3-5H2,1-2H3,(H,7,8). The molecule has 0 aliphatic rings. The van der Waals surface area contributed by atoms with Crippen molar-refractivity contribution in [3.8, 4) is 0 Å². The molecule has 0 radical (unpaired) electrons. The van der Waals surface area contributed by atoms with Crippen LogP contribution in [0.15, 0.2) is 0 Å². The summed E-state index contributed by atoms with van der Waals surface area (Å²) in [7, 11) is -3.34. The Morgan fingerprint density at radius 1 is 1.36 bits per heavy atom. The molecule has 0 unspecified atom stereocenters. The third-order valence-corrected chi connectivity index (χ3v) is 2.43. The molecule has 66 valence electrons. The molecule has 0 aromatic carbocycles. The molecule has 0 saturated carbocycles. The van der Waals surface area contributed by atoms with Gasteiger partial charge in [-0.05, 0) is 13.3 Å². The van der Waals surface area contributed by atoms with Crippen molar-refractivity contribution in [2.75, 3.05) is 5.75 Å². The van der Waals surface area contributed by atoms with Gasteiger partial charge in [-0.15, -0.1) is 0 Å². The molecule has 0 heterocycles. The number of sulfonamides is 1. The Morgan fingerprint density at radius 2 is 1.91 bits per heavy atom. The number of rotatable bonds is 4. The Kier molecular flexibility index (Phi) is 4.10. The summed E-state index contributed by atoms with van der Waals surface area (Å²) in [6, 6.07) is 0. The van der Waals surface area contributed by atoms with Crippen LogP contribution in [0.25, 0.3) is 0 Å². The monoisotopic (exact) mass is 179 g/mol. The number of amides is 1. The lowest BCUT2D eigenvalue weighted by Crippen LogP contribution is -2.31. The molecule has 0 aliphatic heterocycles. The zero-order valence-corrected chi connectivity index (χ0v) is 7.57. The zero-order chi connectivity index (χ0) is 8.91. The molecule has 1 amide bonds. The van der Waals surface area contributed by atoms with Crippen molar-refractivity contribution in [1.82, 2.24) is 4.72 Å². The topological polar surface area (TPSA) is 63.2 Å². The van der Waals surface area contributed by atoms with Gasteiger partial charge in [0.05, 0.1) is 5.75 Å². The summed E-state index contributed by atoms with van der Waals surface area (Å²) in [6.45, 7) is 3.31. The fraction of sp³-hybridized carbons (Fsp3) is 0.833. The van der Waals surface area contributed by atoms with Gasteiger partial charge in [-0.3, -0.25) is 9.52 Å². The van der Waals surface area contributed by atoms with Gasteiger partial charge in [-0.25, -0.2) is 8.42 Å². The normalized spacial score (nSPS) is 11.1. The predicted octanol–water partition coefficient (Wildman–Crippen LogP) is 0.252.